The van der Waals surface area contributed by atoms with Crippen LogP contribution in [0.5, 0.6) is 11.5 Å². The third-order valence-corrected chi connectivity index (χ3v) is 3.52. The summed E-state index contributed by atoms with van der Waals surface area (Å²) in [7, 11) is 3.19. The lowest BCUT2D eigenvalue weighted by Crippen LogP contribution is -2.39. The second kappa shape index (κ2) is 6.76. The number of nitrogens with zero attached hydrogens (tertiary/aromatic N) is 2. The third-order valence-electron chi connectivity index (χ3n) is 3.52. The first-order valence-corrected chi connectivity index (χ1v) is 7.17. The molecule has 1 unspecified atom stereocenters. The third kappa shape index (κ3) is 3.20. The molecule has 1 aromatic carbocycles. The number of benzene rings is 1. The average molecular weight is 305 g/mol. The number of methoxy groups -OCH3 is 2. The summed E-state index contributed by atoms with van der Waals surface area (Å²) in [5.74, 6) is 2.39. The minimum Gasteiger partial charge on any atom is -0.493 e. The van der Waals surface area contributed by atoms with Crippen LogP contribution in [0.25, 0.3) is 11.4 Å². The van der Waals surface area contributed by atoms with E-state index in [9.17, 15) is 0 Å². The molecule has 22 heavy (non-hydrogen) atoms. The van der Waals surface area contributed by atoms with Crippen LogP contribution in [0.2, 0.25) is 0 Å². The van der Waals surface area contributed by atoms with Gasteiger partial charge in [0.25, 0.3) is 0 Å². The van der Waals surface area contributed by atoms with Crippen molar-refractivity contribution in [1.82, 2.24) is 15.5 Å². The summed E-state index contributed by atoms with van der Waals surface area (Å²) in [6.45, 7) is 2.40. The van der Waals surface area contributed by atoms with Crippen molar-refractivity contribution in [3.05, 3.63) is 24.1 Å². The van der Waals surface area contributed by atoms with Crippen LogP contribution in [0.3, 0.4) is 0 Å². The fraction of sp³-hybridized carbons (Fsp3) is 0.467. The Bertz CT molecular complexity index is 623. The monoisotopic (exact) mass is 305 g/mol. The predicted octanol–water partition coefficient (Wildman–Crippen LogP) is 1.28. The molecule has 0 saturated carbocycles. The van der Waals surface area contributed by atoms with Crippen LogP contribution in [0.15, 0.2) is 22.7 Å². The lowest BCUT2D eigenvalue weighted by molar-refractivity contribution is 0.0246. The van der Waals surface area contributed by atoms with Crippen LogP contribution >= 0.6 is 0 Å². The molecule has 0 spiro atoms. The number of ether oxygens (including phenoxy) is 3. The standard InChI is InChI=1S/C15H19N3O4/c1-19-12-4-3-10(7-13(12)20-2)15-17-14(22-18-15)8-11-9-16-5-6-21-11/h3-4,7,11,16H,5-6,8-9H2,1-2H3. The van der Waals surface area contributed by atoms with Gasteiger partial charge in [-0.25, -0.2) is 0 Å². The zero-order valence-electron chi connectivity index (χ0n) is 12.7. The summed E-state index contributed by atoms with van der Waals surface area (Å²) in [4.78, 5) is 4.42. The molecule has 118 valence electrons. The molecule has 2 aromatic rings. The first-order chi connectivity index (χ1) is 10.8. The SMILES string of the molecule is COc1ccc(-c2noc(CC3CNCCO3)n2)cc1OC. The van der Waals surface area contributed by atoms with E-state index in [1.54, 1.807) is 14.2 Å². The van der Waals surface area contributed by atoms with E-state index in [2.05, 4.69) is 15.5 Å². The van der Waals surface area contributed by atoms with Gasteiger partial charge < -0.3 is 24.1 Å². The first kappa shape index (κ1) is 14.8. The molecule has 2 heterocycles. The van der Waals surface area contributed by atoms with E-state index in [1.807, 2.05) is 18.2 Å². The van der Waals surface area contributed by atoms with Crippen LogP contribution in [-0.2, 0) is 11.2 Å². The Morgan fingerprint density at radius 2 is 2.14 bits per heavy atom. The van der Waals surface area contributed by atoms with Crippen LogP contribution in [0.4, 0.5) is 0 Å². The summed E-state index contributed by atoms with van der Waals surface area (Å²) in [6, 6.07) is 5.51. The molecule has 0 bridgehead atoms. The van der Waals surface area contributed by atoms with Crippen molar-refractivity contribution in [2.45, 2.75) is 12.5 Å². The Balaban J connectivity index is 1.75. The first-order valence-electron chi connectivity index (χ1n) is 7.17. The molecule has 7 heteroatoms. The molecule has 1 aromatic heterocycles. The lowest BCUT2D eigenvalue weighted by atomic mass is 10.2. The number of morpholine rings is 1. The summed E-state index contributed by atoms with van der Waals surface area (Å²) < 4.78 is 21.5. The number of rotatable bonds is 5. The van der Waals surface area contributed by atoms with Crippen molar-refractivity contribution in [2.24, 2.45) is 0 Å². The van der Waals surface area contributed by atoms with E-state index >= 15 is 0 Å². The summed E-state index contributed by atoms with van der Waals surface area (Å²) in [5, 5.41) is 7.30. The van der Waals surface area contributed by atoms with E-state index in [-0.39, 0.29) is 6.10 Å². The number of nitrogens with one attached hydrogen (secondary N) is 1. The van der Waals surface area contributed by atoms with Gasteiger partial charge in [0.2, 0.25) is 11.7 Å². The lowest BCUT2D eigenvalue weighted by Gasteiger charge is -2.21. The van der Waals surface area contributed by atoms with Crippen LogP contribution in [0, 0.1) is 0 Å². The Labute approximate surface area is 128 Å². The fourth-order valence-corrected chi connectivity index (χ4v) is 2.38. The zero-order chi connectivity index (χ0) is 15.4. The molecule has 1 aliphatic heterocycles. The van der Waals surface area contributed by atoms with Gasteiger partial charge in [0.1, 0.15) is 0 Å². The van der Waals surface area contributed by atoms with Crippen LogP contribution in [0.1, 0.15) is 5.89 Å². The summed E-state index contributed by atoms with van der Waals surface area (Å²) in [6.07, 6.45) is 0.681. The second-order valence-electron chi connectivity index (χ2n) is 4.98. The molecule has 1 aliphatic rings. The smallest absolute Gasteiger partial charge is 0.229 e. The van der Waals surface area contributed by atoms with E-state index < -0.39 is 0 Å². The van der Waals surface area contributed by atoms with E-state index in [0.29, 0.717) is 36.2 Å². The van der Waals surface area contributed by atoms with Gasteiger partial charge in [-0.3, -0.25) is 0 Å². The van der Waals surface area contributed by atoms with E-state index in [4.69, 9.17) is 18.7 Å². The van der Waals surface area contributed by atoms with Gasteiger partial charge in [0.05, 0.1) is 33.4 Å². The number of aromatic nitrogens is 2. The van der Waals surface area contributed by atoms with Crippen molar-refractivity contribution >= 4 is 0 Å². The maximum atomic E-state index is 5.64. The molecule has 7 nitrogen and oxygen atoms in total. The minimum atomic E-state index is 0.0763. The van der Waals surface area contributed by atoms with Crippen LogP contribution < -0.4 is 14.8 Å². The molecule has 1 atom stereocenters. The van der Waals surface area contributed by atoms with Crippen molar-refractivity contribution in [3.63, 3.8) is 0 Å². The second-order valence-corrected chi connectivity index (χ2v) is 4.98. The topological polar surface area (TPSA) is 78.6 Å². The Morgan fingerprint density at radius 1 is 1.27 bits per heavy atom. The Kier molecular flexibility index (Phi) is 4.55. The Hall–Kier alpha value is -2.12. The van der Waals surface area contributed by atoms with Gasteiger partial charge in [0, 0.05) is 18.7 Å². The molecular formula is C15H19N3O4. The molecule has 1 N–H and O–H groups in total. The van der Waals surface area contributed by atoms with Gasteiger partial charge in [-0.1, -0.05) is 5.16 Å². The molecular weight excluding hydrogens is 286 g/mol. The van der Waals surface area contributed by atoms with Gasteiger partial charge in [0.15, 0.2) is 11.5 Å². The van der Waals surface area contributed by atoms with Gasteiger partial charge in [-0.15, -0.1) is 0 Å². The molecule has 0 aliphatic carbocycles. The summed E-state index contributed by atoms with van der Waals surface area (Å²) in [5.41, 5.74) is 0.815. The maximum Gasteiger partial charge on any atom is 0.229 e. The molecule has 0 amide bonds. The number of hydrogen-bond acceptors (Lipinski definition) is 7. The quantitative estimate of drug-likeness (QED) is 0.891. The molecule has 1 saturated heterocycles. The van der Waals surface area contributed by atoms with Crippen LogP contribution in [-0.4, -0.2) is 50.2 Å². The molecule has 1 fully saturated rings. The van der Waals surface area contributed by atoms with Gasteiger partial charge in [-0.2, -0.15) is 4.98 Å². The fourth-order valence-electron chi connectivity index (χ4n) is 2.38. The normalized spacial score (nSPS) is 18.2. The molecule has 0 radical (unpaired) electrons. The van der Waals surface area contributed by atoms with Gasteiger partial charge in [-0.05, 0) is 18.2 Å². The highest BCUT2D eigenvalue weighted by atomic mass is 16.5. The van der Waals surface area contributed by atoms with Crippen molar-refractivity contribution < 1.29 is 18.7 Å². The largest absolute Gasteiger partial charge is 0.493 e. The predicted molar refractivity (Wildman–Crippen MR) is 79.2 cm³/mol. The molecule has 3 rings (SSSR count). The van der Waals surface area contributed by atoms with E-state index in [1.165, 1.54) is 0 Å². The van der Waals surface area contributed by atoms with Crippen molar-refractivity contribution in [1.29, 1.82) is 0 Å². The van der Waals surface area contributed by atoms with Gasteiger partial charge >= 0.3 is 0 Å². The van der Waals surface area contributed by atoms with Crippen molar-refractivity contribution in [3.8, 4) is 22.9 Å². The number of hydrogen-bond donors (Lipinski definition) is 1. The zero-order valence-corrected chi connectivity index (χ0v) is 12.7. The Morgan fingerprint density at radius 3 is 2.86 bits per heavy atom. The average Bonchev–Trinajstić information content (AvgIpc) is 3.03. The van der Waals surface area contributed by atoms with E-state index in [0.717, 1.165) is 18.7 Å². The van der Waals surface area contributed by atoms with Crippen molar-refractivity contribution in [2.75, 3.05) is 33.9 Å². The highest BCUT2D eigenvalue weighted by molar-refractivity contribution is 5.60. The maximum absolute atomic E-state index is 5.64. The highest BCUT2D eigenvalue weighted by Gasteiger charge is 2.18. The summed E-state index contributed by atoms with van der Waals surface area (Å²) >= 11 is 0. The highest BCUT2D eigenvalue weighted by Crippen LogP contribution is 2.31. The minimum absolute atomic E-state index is 0.0763.